The van der Waals surface area contributed by atoms with Crippen molar-refractivity contribution in [3.63, 3.8) is 0 Å². The number of benzene rings is 1. The molecule has 2 rings (SSSR count). The van der Waals surface area contributed by atoms with Gasteiger partial charge in [-0.1, -0.05) is 6.92 Å². The van der Waals surface area contributed by atoms with Gasteiger partial charge in [0.2, 0.25) is 0 Å². The first-order valence-electron chi connectivity index (χ1n) is 5.94. The number of hydrogen-bond acceptors (Lipinski definition) is 3. The van der Waals surface area contributed by atoms with Crippen LogP contribution in [0.25, 0.3) is 0 Å². The lowest BCUT2D eigenvalue weighted by molar-refractivity contribution is -0.139. The Morgan fingerprint density at radius 3 is 2.65 bits per heavy atom. The Labute approximate surface area is 117 Å². The smallest absolute Gasteiger partial charge is 0.379 e. The Bertz CT molecular complexity index is 592. The van der Waals surface area contributed by atoms with Crippen LogP contribution >= 0.6 is 11.3 Å². The first-order valence-corrected chi connectivity index (χ1v) is 6.82. The normalized spacial score (nSPS) is 11.7. The number of thiazole rings is 1. The van der Waals surface area contributed by atoms with Crippen LogP contribution in [-0.2, 0) is 19.1 Å². The van der Waals surface area contributed by atoms with E-state index in [-0.39, 0.29) is 5.69 Å². The van der Waals surface area contributed by atoms with Crippen LogP contribution in [0.3, 0.4) is 0 Å². The molecule has 1 aromatic carbocycles. The largest absolute Gasteiger partial charge is 0.419 e. The molecule has 0 fully saturated rings. The van der Waals surface area contributed by atoms with Crippen LogP contribution in [0.15, 0.2) is 23.6 Å². The highest BCUT2D eigenvalue weighted by Crippen LogP contribution is 2.33. The molecule has 2 nitrogen and oxygen atoms in total. The quantitative estimate of drug-likeness (QED) is 0.843. The third kappa shape index (κ3) is 3.47. The van der Waals surface area contributed by atoms with Gasteiger partial charge in [-0.3, -0.25) is 0 Å². The lowest BCUT2D eigenvalue weighted by Crippen LogP contribution is -2.09. The third-order valence-corrected chi connectivity index (χ3v) is 3.69. The first-order chi connectivity index (χ1) is 9.40. The number of hydrogen-bond donors (Lipinski definition) is 1. The van der Waals surface area contributed by atoms with Crippen LogP contribution in [0.2, 0.25) is 0 Å². The van der Waals surface area contributed by atoms with E-state index in [9.17, 15) is 17.6 Å². The van der Waals surface area contributed by atoms with E-state index in [0.29, 0.717) is 6.54 Å². The van der Waals surface area contributed by atoms with Gasteiger partial charge in [0.25, 0.3) is 0 Å². The first kappa shape index (κ1) is 14.8. The summed E-state index contributed by atoms with van der Waals surface area (Å²) in [5, 5.41) is 5.63. The molecule has 2 aromatic rings. The monoisotopic (exact) mass is 304 g/mol. The van der Waals surface area contributed by atoms with Gasteiger partial charge in [-0.25, -0.2) is 9.37 Å². The van der Waals surface area contributed by atoms with Gasteiger partial charge < -0.3 is 5.32 Å². The Hall–Kier alpha value is -1.63. The van der Waals surface area contributed by atoms with Gasteiger partial charge >= 0.3 is 6.18 Å². The second-order valence-corrected chi connectivity index (χ2v) is 5.07. The fraction of sp³-hybridized carbons (Fsp3) is 0.308. The third-order valence-electron chi connectivity index (χ3n) is 2.65. The second kappa shape index (κ2) is 5.78. The maximum atomic E-state index is 13.1. The highest BCUT2D eigenvalue weighted by atomic mass is 32.1. The molecule has 20 heavy (non-hydrogen) atoms. The Morgan fingerprint density at radius 1 is 1.30 bits per heavy atom. The molecule has 0 bridgehead atoms. The number of anilines is 1. The zero-order valence-corrected chi connectivity index (χ0v) is 11.4. The Kier molecular flexibility index (Phi) is 4.27. The predicted octanol–water partition coefficient (Wildman–Crippen LogP) is 4.48. The number of halogens is 4. The molecule has 0 radical (unpaired) electrons. The van der Waals surface area contributed by atoms with Crippen LogP contribution in [0.1, 0.15) is 23.2 Å². The number of alkyl halides is 3. The van der Waals surface area contributed by atoms with Gasteiger partial charge in [-0.2, -0.15) is 13.2 Å². The molecular formula is C13H12F4N2S. The molecule has 1 aromatic heterocycles. The van der Waals surface area contributed by atoms with Crippen molar-refractivity contribution < 1.29 is 17.6 Å². The van der Waals surface area contributed by atoms with Crippen LogP contribution in [-0.4, -0.2) is 4.98 Å². The molecule has 0 amide bonds. The van der Waals surface area contributed by atoms with Gasteiger partial charge in [-0.05, 0) is 24.6 Å². The minimum absolute atomic E-state index is 0.213. The number of nitrogens with zero attached hydrogens (tertiary/aromatic N) is 1. The van der Waals surface area contributed by atoms with E-state index in [1.54, 1.807) is 0 Å². The maximum Gasteiger partial charge on any atom is 0.419 e. The van der Waals surface area contributed by atoms with E-state index in [4.69, 9.17) is 0 Å². The van der Waals surface area contributed by atoms with Crippen molar-refractivity contribution in [1.29, 1.82) is 0 Å². The van der Waals surface area contributed by atoms with Crippen LogP contribution in [0.4, 0.5) is 23.2 Å². The van der Waals surface area contributed by atoms with Gasteiger partial charge in [0, 0.05) is 11.1 Å². The molecule has 1 N–H and O–H groups in total. The number of rotatable bonds is 4. The molecule has 0 aliphatic carbocycles. The molecule has 0 saturated carbocycles. The summed E-state index contributed by atoms with van der Waals surface area (Å²) in [6.07, 6.45) is -3.88. The maximum absolute atomic E-state index is 13.1. The molecule has 0 atom stereocenters. The molecule has 0 aliphatic rings. The number of aryl methyl sites for hydroxylation is 1. The molecule has 7 heteroatoms. The summed E-state index contributed by atoms with van der Waals surface area (Å²) in [6.45, 7) is 2.28. The van der Waals surface area contributed by atoms with Crippen molar-refractivity contribution >= 4 is 17.0 Å². The summed E-state index contributed by atoms with van der Waals surface area (Å²) in [7, 11) is 0. The molecule has 0 unspecified atom stereocenters. The SMILES string of the molecule is CCc1nc(CNc2ccc(F)c(C(F)(F)F)c2)cs1. The van der Waals surface area contributed by atoms with Crippen molar-refractivity contribution in [3.8, 4) is 0 Å². The lowest BCUT2D eigenvalue weighted by atomic mass is 10.2. The van der Waals surface area contributed by atoms with Gasteiger partial charge in [0.1, 0.15) is 5.82 Å². The molecule has 0 spiro atoms. The van der Waals surface area contributed by atoms with E-state index in [0.717, 1.165) is 29.3 Å². The molecule has 108 valence electrons. The predicted molar refractivity (Wildman–Crippen MR) is 70.2 cm³/mol. The average Bonchev–Trinajstić information content (AvgIpc) is 2.84. The summed E-state index contributed by atoms with van der Waals surface area (Å²) >= 11 is 1.50. The summed E-state index contributed by atoms with van der Waals surface area (Å²) in [5.74, 6) is -1.27. The van der Waals surface area contributed by atoms with Crippen LogP contribution < -0.4 is 5.32 Å². The topological polar surface area (TPSA) is 24.9 Å². The molecular weight excluding hydrogens is 292 g/mol. The zero-order valence-electron chi connectivity index (χ0n) is 10.6. The van der Waals surface area contributed by atoms with Crippen LogP contribution in [0, 0.1) is 5.82 Å². The second-order valence-electron chi connectivity index (χ2n) is 4.13. The summed E-state index contributed by atoms with van der Waals surface area (Å²) in [6, 6.07) is 2.85. The van der Waals surface area contributed by atoms with Gasteiger partial charge in [0.15, 0.2) is 0 Å². The van der Waals surface area contributed by atoms with E-state index in [1.165, 1.54) is 17.4 Å². The van der Waals surface area contributed by atoms with E-state index in [1.807, 2.05) is 12.3 Å². The van der Waals surface area contributed by atoms with Crippen molar-refractivity contribution in [3.05, 3.63) is 45.7 Å². The van der Waals surface area contributed by atoms with Crippen LogP contribution in [0.5, 0.6) is 0 Å². The average molecular weight is 304 g/mol. The van der Waals surface area contributed by atoms with Crippen molar-refractivity contribution in [2.24, 2.45) is 0 Å². The molecule has 0 saturated heterocycles. The Balaban J connectivity index is 2.10. The summed E-state index contributed by atoms with van der Waals surface area (Å²) in [4.78, 5) is 4.29. The van der Waals surface area contributed by atoms with Gasteiger partial charge in [0.05, 0.1) is 22.8 Å². The fourth-order valence-electron chi connectivity index (χ4n) is 1.64. The van der Waals surface area contributed by atoms with E-state index in [2.05, 4.69) is 10.3 Å². The standard InChI is InChI=1S/C13H12F4N2S/c1-2-12-19-9(7-20-12)6-18-8-3-4-11(14)10(5-8)13(15,16)17/h3-5,7,18H,2,6H2,1H3. The minimum atomic E-state index is -4.70. The summed E-state index contributed by atoms with van der Waals surface area (Å²) in [5.41, 5.74) is -0.301. The van der Waals surface area contributed by atoms with Crippen molar-refractivity contribution in [2.45, 2.75) is 26.1 Å². The van der Waals surface area contributed by atoms with E-state index >= 15 is 0 Å². The number of nitrogens with one attached hydrogen (secondary N) is 1. The zero-order chi connectivity index (χ0) is 14.8. The highest BCUT2D eigenvalue weighted by molar-refractivity contribution is 7.09. The highest BCUT2D eigenvalue weighted by Gasteiger charge is 2.34. The minimum Gasteiger partial charge on any atom is -0.379 e. The molecule has 0 aliphatic heterocycles. The van der Waals surface area contributed by atoms with Crippen molar-refractivity contribution in [1.82, 2.24) is 4.98 Å². The Morgan fingerprint density at radius 2 is 2.05 bits per heavy atom. The summed E-state index contributed by atoms with van der Waals surface area (Å²) < 4.78 is 50.8. The van der Waals surface area contributed by atoms with E-state index < -0.39 is 17.6 Å². The fourth-order valence-corrected chi connectivity index (χ4v) is 2.38. The number of aromatic nitrogens is 1. The lowest BCUT2D eigenvalue weighted by Gasteiger charge is -2.11. The van der Waals surface area contributed by atoms with Crippen molar-refractivity contribution in [2.75, 3.05) is 5.32 Å². The van der Waals surface area contributed by atoms with Gasteiger partial charge in [-0.15, -0.1) is 11.3 Å². The molecule has 1 heterocycles.